The van der Waals surface area contributed by atoms with E-state index in [1.165, 1.54) is 12.1 Å². The van der Waals surface area contributed by atoms with Crippen molar-refractivity contribution in [1.29, 1.82) is 0 Å². The Labute approximate surface area is 195 Å². The monoisotopic (exact) mass is 458 g/mol. The van der Waals surface area contributed by atoms with Crippen LogP contribution in [0.25, 0.3) is 10.8 Å². The minimum Gasteiger partial charge on any atom is -0.324 e. The zero-order chi connectivity index (χ0) is 22.9. The van der Waals surface area contributed by atoms with Crippen LogP contribution in [-0.2, 0) is 16.0 Å². The number of fused-ring (bicyclic) bond motifs is 2. The fourth-order valence-corrected chi connectivity index (χ4v) is 4.61. The second-order valence-electron chi connectivity index (χ2n) is 8.07. The number of hydrogen-bond acceptors (Lipinski definition) is 2. The van der Waals surface area contributed by atoms with Crippen molar-refractivity contribution in [3.63, 3.8) is 0 Å². The van der Waals surface area contributed by atoms with Crippen LogP contribution in [0.15, 0.2) is 84.9 Å². The van der Waals surface area contributed by atoms with Crippen LogP contribution in [0, 0.1) is 5.82 Å². The molecule has 0 aliphatic carbocycles. The Morgan fingerprint density at radius 2 is 1.76 bits per heavy atom. The van der Waals surface area contributed by atoms with Crippen LogP contribution >= 0.6 is 11.6 Å². The van der Waals surface area contributed by atoms with Crippen LogP contribution < -0.4 is 5.32 Å². The van der Waals surface area contributed by atoms with Crippen molar-refractivity contribution in [3.05, 3.63) is 112 Å². The lowest BCUT2D eigenvalue weighted by Gasteiger charge is -2.31. The molecule has 0 saturated carbocycles. The molecule has 4 nitrogen and oxygen atoms in total. The van der Waals surface area contributed by atoms with Gasteiger partial charge in [-0.15, -0.1) is 0 Å². The number of nitrogens with one attached hydrogen (secondary N) is 1. The number of nitrogens with zero attached hydrogens (tertiary/aromatic N) is 1. The van der Waals surface area contributed by atoms with Crippen molar-refractivity contribution >= 4 is 39.9 Å². The standard InChI is InChI=1S/C27H20ClFN2O2/c28-20-10-13-24-23(15-20)27(18-8-11-21(29)12-9-18)31(16-25(32)30-24)26(33)14-19-6-3-5-17-4-1-2-7-22(17)19/h1-13,15,27H,14,16H2,(H,30,32)/t27-/m0/s1. The minimum atomic E-state index is -0.597. The van der Waals surface area contributed by atoms with Crippen LogP contribution in [0.4, 0.5) is 10.1 Å². The summed E-state index contributed by atoms with van der Waals surface area (Å²) in [6, 6.07) is 24.3. The van der Waals surface area contributed by atoms with E-state index >= 15 is 0 Å². The van der Waals surface area contributed by atoms with Crippen LogP contribution in [0.2, 0.25) is 5.02 Å². The van der Waals surface area contributed by atoms with E-state index in [0.717, 1.165) is 16.3 Å². The largest absolute Gasteiger partial charge is 0.324 e. The van der Waals surface area contributed by atoms with Gasteiger partial charge in [0, 0.05) is 16.3 Å². The first-order chi connectivity index (χ1) is 16.0. The number of amides is 2. The highest BCUT2D eigenvalue weighted by molar-refractivity contribution is 6.30. The molecule has 0 saturated heterocycles. The van der Waals surface area contributed by atoms with Gasteiger partial charge in [0.2, 0.25) is 11.8 Å². The predicted octanol–water partition coefficient (Wildman–Crippen LogP) is 5.75. The van der Waals surface area contributed by atoms with E-state index in [0.29, 0.717) is 21.8 Å². The Kier molecular flexibility index (Phi) is 5.56. The fourth-order valence-electron chi connectivity index (χ4n) is 4.43. The van der Waals surface area contributed by atoms with E-state index in [2.05, 4.69) is 5.32 Å². The molecule has 1 heterocycles. The minimum absolute atomic E-state index is 0.127. The summed E-state index contributed by atoms with van der Waals surface area (Å²) in [5.74, 6) is -0.875. The zero-order valence-electron chi connectivity index (χ0n) is 17.6. The van der Waals surface area contributed by atoms with E-state index in [-0.39, 0.29) is 30.6 Å². The van der Waals surface area contributed by atoms with E-state index in [4.69, 9.17) is 11.6 Å². The van der Waals surface area contributed by atoms with Crippen LogP contribution in [-0.4, -0.2) is 23.3 Å². The maximum atomic E-state index is 13.7. The van der Waals surface area contributed by atoms with Crippen molar-refractivity contribution in [2.45, 2.75) is 12.5 Å². The third-order valence-corrected chi connectivity index (χ3v) is 6.17. The summed E-state index contributed by atoms with van der Waals surface area (Å²) in [6.45, 7) is -0.127. The maximum absolute atomic E-state index is 13.7. The van der Waals surface area contributed by atoms with Crippen molar-refractivity contribution in [2.24, 2.45) is 0 Å². The topological polar surface area (TPSA) is 49.4 Å². The van der Waals surface area contributed by atoms with Gasteiger partial charge in [-0.05, 0) is 52.2 Å². The molecule has 4 aromatic rings. The molecule has 0 fully saturated rings. The molecule has 5 rings (SSSR count). The van der Waals surface area contributed by atoms with Gasteiger partial charge in [0.05, 0.1) is 12.5 Å². The highest BCUT2D eigenvalue weighted by atomic mass is 35.5. The number of benzene rings is 4. The Hall–Kier alpha value is -3.70. The highest BCUT2D eigenvalue weighted by Gasteiger charge is 2.33. The third-order valence-electron chi connectivity index (χ3n) is 5.94. The van der Waals surface area contributed by atoms with Crippen molar-refractivity contribution in [1.82, 2.24) is 4.90 Å². The van der Waals surface area contributed by atoms with Crippen molar-refractivity contribution in [2.75, 3.05) is 11.9 Å². The summed E-state index contributed by atoms with van der Waals surface area (Å²) in [6.07, 6.45) is 0.127. The molecule has 1 aliphatic rings. The molecule has 0 aromatic heterocycles. The zero-order valence-corrected chi connectivity index (χ0v) is 18.4. The molecule has 0 spiro atoms. The van der Waals surface area contributed by atoms with E-state index in [9.17, 15) is 14.0 Å². The summed E-state index contributed by atoms with van der Waals surface area (Å²) < 4.78 is 13.7. The normalized spacial score (nSPS) is 15.6. The molecule has 1 aliphatic heterocycles. The molecule has 0 unspecified atom stereocenters. The molecule has 4 aromatic carbocycles. The van der Waals surface area contributed by atoms with Gasteiger partial charge in [0.15, 0.2) is 0 Å². The number of rotatable bonds is 3. The number of anilines is 1. The molecular weight excluding hydrogens is 439 g/mol. The van der Waals surface area contributed by atoms with Crippen LogP contribution in [0.3, 0.4) is 0 Å². The molecule has 0 bridgehead atoms. The van der Waals surface area contributed by atoms with Crippen LogP contribution in [0.5, 0.6) is 0 Å². The van der Waals surface area contributed by atoms with Gasteiger partial charge in [0.25, 0.3) is 0 Å². The summed E-state index contributed by atoms with van der Waals surface area (Å²) in [7, 11) is 0. The first-order valence-corrected chi connectivity index (χ1v) is 11.0. The Morgan fingerprint density at radius 1 is 1.00 bits per heavy atom. The van der Waals surface area contributed by atoms with Gasteiger partial charge in [-0.2, -0.15) is 0 Å². The lowest BCUT2D eigenvalue weighted by Crippen LogP contribution is -2.39. The second kappa shape index (κ2) is 8.68. The molecular formula is C27H20ClFN2O2. The molecule has 33 heavy (non-hydrogen) atoms. The summed E-state index contributed by atoms with van der Waals surface area (Å²) in [5, 5.41) is 5.40. The summed E-state index contributed by atoms with van der Waals surface area (Å²) in [4.78, 5) is 28.0. The number of carbonyl (C=O) groups excluding carboxylic acids is 2. The molecule has 1 atom stereocenters. The van der Waals surface area contributed by atoms with Gasteiger partial charge >= 0.3 is 0 Å². The predicted molar refractivity (Wildman–Crippen MR) is 128 cm³/mol. The fraction of sp³-hybridized carbons (Fsp3) is 0.111. The number of carbonyl (C=O) groups is 2. The molecule has 1 N–H and O–H groups in total. The first-order valence-electron chi connectivity index (χ1n) is 10.6. The van der Waals surface area contributed by atoms with E-state index < -0.39 is 6.04 Å². The van der Waals surface area contributed by atoms with Crippen molar-refractivity contribution < 1.29 is 14.0 Å². The summed E-state index contributed by atoms with van der Waals surface area (Å²) >= 11 is 6.29. The van der Waals surface area contributed by atoms with Gasteiger partial charge in [-0.1, -0.05) is 66.2 Å². The smallest absolute Gasteiger partial charge is 0.244 e. The molecule has 6 heteroatoms. The number of hydrogen-bond donors (Lipinski definition) is 1. The SMILES string of the molecule is O=C1CN(C(=O)Cc2cccc3ccccc23)[C@@H](c2ccc(F)cc2)c2cc(Cl)ccc2N1. The Bertz CT molecular complexity index is 1370. The average Bonchev–Trinajstić information content (AvgIpc) is 2.95. The number of halogens is 2. The summed E-state index contributed by atoms with van der Waals surface area (Å²) in [5.41, 5.74) is 2.85. The Morgan fingerprint density at radius 3 is 2.58 bits per heavy atom. The molecule has 2 amide bonds. The molecule has 164 valence electrons. The second-order valence-corrected chi connectivity index (χ2v) is 8.51. The maximum Gasteiger partial charge on any atom is 0.244 e. The van der Waals surface area contributed by atoms with E-state index in [1.807, 2.05) is 42.5 Å². The van der Waals surface area contributed by atoms with Crippen LogP contribution in [0.1, 0.15) is 22.7 Å². The lowest BCUT2D eigenvalue weighted by atomic mass is 9.95. The van der Waals surface area contributed by atoms with Gasteiger partial charge < -0.3 is 10.2 Å². The Balaban J connectivity index is 1.60. The van der Waals surface area contributed by atoms with Crippen molar-refractivity contribution in [3.8, 4) is 0 Å². The average molecular weight is 459 g/mol. The van der Waals surface area contributed by atoms with Gasteiger partial charge in [-0.3, -0.25) is 9.59 Å². The lowest BCUT2D eigenvalue weighted by molar-refractivity contribution is -0.135. The third kappa shape index (κ3) is 4.20. The van der Waals surface area contributed by atoms with E-state index in [1.54, 1.807) is 35.2 Å². The quantitative estimate of drug-likeness (QED) is 0.425. The van der Waals surface area contributed by atoms with Gasteiger partial charge in [0.1, 0.15) is 12.4 Å². The van der Waals surface area contributed by atoms with Gasteiger partial charge in [-0.25, -0.2) is 4.39 Å². The first kappa shape index (κ1) is 21.2. The molecule has 0 radical (unpaired) electrons. The highest BCUT2D eigenvalue weighted by Crippen LogP contribution is 2.37.